The zero-order chi connectivity index (χ0) is 8.67. The smallest absolute Gasteiger partial charge is 0.109 e. The van der Waals surface area contributed by atoms with Crippen LogP contribution < -0.4 is 5.32 Å². The zero-order valence-electron chi connectivity index (χ0n) is 7.71. The van der Waals surface area contributed by atoms with Crippen molar-refractivity contribution in [3.05, 3.63) is 17.7 Å². The van der Waals surface area contributed by atoms with Gasteiger partial charge in [0.05, 0.1) is 0 Å². The first-order chi connectivity index (χ1) is 6.43. The van der Waals surface area contributed by atoms with Crippen LogP contribution in [0.1, 0.15) is 42.6 Å². The van der Waals surface area contributed by atoms with Gasteiger partial charge in [0.25, 0.3) is 0 Å². The van der Waals surface area contributed by atoms with E-state index in [1.807, 2.05) is 6.20 Å². The van der Waals surface area contributed by atoms with Gasteiger partial charge in [-0.2, -0.15) is 0 Å². The molecule has 3 nitrogen and oxygen atoms in total. The molecule has 2 heterocycles. The van der Waals surface area contributed by atoms with E-state index in [0.717, 1.165) is 19.0 Å². The molecule has 0 bridgehead atoms. The van der Waals surface area contributed by atoms with Gasteiger partial charge in [-0.3, -0.25) is 0 Å². The van der Waals surface area contributed by atoms with Crippen LogP contribution in [0.15, 0.2) is 6.20 Å². The van der Waals surface area contributed by atoms with Crippen molar-refractivity contribution < 1.29 is 0 Å². The van der Waals surface area contributed by atoms with Crippen LogP contribution in [0.2, 0.25) is 0 Å². The molecule has 1 aromatic rings. The third kappa shape index (κ3) is 1.37. The van der Waals surface area contributed by atoms with E-state index in [4.69, 9.17) is 0 Å². The van der Waals surface area contributed by atoms with E-state index >= 15 is 0 Å². The lowest BCUT2D eigenvalue weighted by Gasteiger charge is -2.03. The molecule has 0 spiro atoms. The summed E-state index contributed by atoms with van der Waals surface area (Å²) in [5.74, 6) is 2.66. The molecule has 0 aromatic carbocycles. The molecule has 2 aliphatic rings. The second kappa shape index (κ2) is 2.84. The number of aromatic amines is 1. The summed E-state index contributed by atoms with van der Waals surface area (Å²) in [7, 11) is 0. The highest BCUT2D eigenvalue weighted by molar-refractivity contribution is 5.14. The number of nitrogens with one attached hydrogen (secondary N) is 2. The highest BCUT2D eigenvalue weighted by Crippen LogP contribution is 2.38. The van der Waals surface area contributed by atoms with Crippen molar-refractivity contribution >= 4 is 0 Å². The molecule has 1 atom stereocenters. The minimum absolute atomic E-state index is 0.681. The molecule has 1 aliphatic carbocycles. The summed E-state index contributed by atoms with van der Waals surface area (Å²) in [6, 6.07) is 0. The second-order valence-corrected chi connectivity index (χ2v) is 4.19. The van der Waals surface area contributed by atoms with Crippen molar-refractivity contribution in [3.63, 3.8) is 0 Å². The topological polar surface area (TPSA) is 40.7 Å². The minimum atomic E-state index is 0.681. The van der Waals surface area contributed by atoms with Crippen molar-refractivity contribution in [1.29, 1.82) is 0 Å². The number of aromatic nitrogens is 2. The maximum atomic E-state index is 4.44. The molecule has 1 unspecified atom stereocenters. The highest BCUT2D eigenvalue weighted by atomic mass is 15.0. The van der Waals surface area contributed by atoms with Gasteiger partial charge in [0.15, 0.2) is 0 Å². The minimum Gasteiger partial charge on any atom is -0.345 e. The van der Waals surface area contributed by atoms with Crippen molar-refractivity contribution in [1.82, 2.24) is 15.3 Å². The van der Waals surface area contributed by atoms with Gasteiger partial charge in [0, 0.05) is 30.3 Å². The van der Waals surface area contributed by atoms with Gasteiger partial charge < -0.3 is 10.3 Å². The maximum Gasteiger partial charge on any atom is 0.109 e. The van der Waals surface area contributed by atoms with Crippen molar-refractivity contribution in [2.45, 2.75) is 31.1 Å². The number of nitrogens with zero attached hydrogens (tertiary/aromatic N) is 1. The fourth-order valence-corrected chi connectivity index (χ4v) is 2.04. The zero-order valence-corrected chi connectivity index (χ0v) is 7.71. The summed E-state index contributed by atoms with van der Waals surface area (Å²) >= 11 is 0. The Morgan fingerprint density at radius 1 is 1.23 bits per heavy atom. The molecule has 3 heteroatoms. The Bertz CT molecular complexity index is 295. The number of hydrogen-bond acceptors (Lipinski definition) is 2. The molecule has 1 aromatic heterocycles. The molecule has 1 aliphatic heterocycles. The van der Waals surface area contributed by atoms with Gasteiger partial charge in [-0.15, -0.1) is 0 Å². The maximum absolute atomic E-state index is 4.44. The molecular formula is C10H15N3. The summed E-state index contributed by atoms with van der Waals surface area (Å²) in [5, 5.41) is 3.38. The van der Waals surface area contributed by atoms with Crippen LogP contribution in [0, 0.1) is 0 Å². The van der Waals surface area contributed by atoms with Gasteiger partial charge >= 0.3 is 0 Å². The summed E-state index contributed by atoms with van der Waals surface area (Å²) < 4.78 is 0. The lowest BCUT2D eigenvalue weighted by Crippen LogP contribution is -2.08. The fraction of sp³-hybridized carbons (Fsp3) is 0.700. The molecule has 1 saturated carbocycles. The predicted molar refractivity (Wildman–Crippen MR) is 50.8 cm³/mol. The number of H-pyrrole nitrogens is 1. The lowest BCUT2D eigenvalue weighted by atomic mass is 10.1. The number of rotatable bonds is 2. The SMILES string of the molecule is c1nc(C2CC2)[nH]c1C1CCNC1. The summed E-state index contributed by atoms with van der Waals surface area (Å²) in [6.07, 6.45) is 5.95. The molecule has 3 rings (SSSR count). The molecule has 2 N–H and O–H groups in total. The van der Waals surface area contributed by atoms with Crippen LogP contribution >= 0.6 is 0 Å². The van der Waals surface area contributed by atoms with Gasteiger partial charge in [-0.05, 0) is 25.8 Å². The van der Waals surface area contributed by atoms with Gasteiger partial charge in [0.2, 0.25) is 0 Å². The fourth-order valence-electron chi connectivity index (χ4n) is 2.04. The van der Waals surface area contributed by atoms with Crippen molar-refractivity contribution in [3.8, 4) is 0 Å². The molecule has 0 amide bonds. The van der Waals surface area contributed by atoms with Crippen LogP contribution in [0.4, 0.5) is 0 Å². The van der Waals surface area contributed by atoms with Gasteiger partial charge in [-0.1, -0.05) is 0 Å². The van der Waals surface area contributed by atoms with Gasteiger partial charge in [-0.25, -0.2) is 4.98 Å². The first kappa shape index (κ1) is 7.56. The average Bonchev–Trinajstić information content (AvgIpc) is 2.72. The Hall–Kier alpha value is -0.830. The monoisotopic (exact) mass is 177 g/mol. The van der Waals surface area contributed by atoms with Crippen LogP contribution in [-0.2, 0) is 0 Å². The van der Waals surface area contributed by atoms with E-state index < -0.39 is 0 Å². The molecule has 13 heavy (non-hydrogen) atoms. The van der Waals surface area contributed by atoms with E-state index in [1.54, 1.807) is 0 Å². The van der Waals surface area contributed by atoms with Crippen molar-refractivity contribution in [2.75, 3.05) is 13.1 Å². The number of imidazole rings is 1. The lowest BCUT2D eigenvalue weighted by molar-refractivity contribution is 0.736. The molecule has 2 fully saturated rings. The van der Waals surface area contributed by atoms with Crippen LogP contribution in [0.5, 0.6) is 0 Å². The first-order valence-corrected chi connectivity index (χ1v) is 5.19. The van der Waals surface area contributed by atoms with Crippen LogP contribution in [0.25, 0.3) is 0 Å². The van der Waals surface area contributed by atoms with E-state index in [2.05, 4.69) is 15.3 Å². The Morgan fingerprint density at radius 3 is 2.85 bits per heavy atom. The molecule has 1 saturated heterocycles. The molecular weight excluding hydrogens is 162 g/mol. The standard InChI is InChI=1S/C10H15N3/c1-2-7(1)10-12-6-9(13-10)8-3-4-11-5-8/h6-8,11H,1-5H2,(H,12,13). The van der Waals surface area contributed by atoms with Gasteiger partial charge in [0.1, 0.15) is 5.82 Å². The van der Waals surface area contributed by atoms with Crippen LogP contribution in [-0.4, -0.2) is 23.1 Å². The predicted octanol–water partition coefficient (Wildman–Crippen LogP) is 1.36. The second-order valence-electron chi connectivity index (χ2n) is 4.19. The molecule has 70 valence electrons. The third-order valence-corrected chi connectivity index (χ3v) is 3.08. The molecule has 0 radical (unpaired) electrons. The Morgan fingerprint density at radius 2 is 2.15 bits per heavy atom. The normalized spacial score (nSPS) is 28.2. The summed E-state index contributed by atoms with van der Waals surface area (Å²) in [5.41, 5.74) is 1.34. The summed E-state index contributed by atoms with van der Waals surface area (Å²) in [4.78, 5) is 7.91. The van der Waals surface area contributed by atoms with E-state index in [-0.39, 0.29) is 0 Å². The average molecular weight is 177 g/mol. The third-order valence-electron chi connectivity index (χ3n) is 3.08. The quantitative estimate of drug-likeness (QED) is 0.716. The first-order valence-electron chi connectivity index (χ1n) is 5.19. The Labute approximate surface area is 78.0 Å². The summed E-state index contributed by atoms with van der Waals surface area (Å²) in [6.45, 7) is 2.27. The highest BCUT2D eigenvalue weighted by Gasteiger charge is 2.27. The largest absolute Gasteiger partial charge is 0.345 e. The van der Waals surface area contributed by atoms with E-state index in [9.17, 15) is 0 Å². The Kier molecular flexibility index (Phi) is 1.65. The Balaban J connectivity index is 1.79. The number of hydrogen-bond donors (Lipinski definition) is 2. The van der Waals surface area contributed by atoms with Crippen LogP contribution in [0.3, 0.4) is 0 Å². The van der Waals surface area contributed by atoms with E-state index in [0.29, 0.717) is 5.92 Å². The van der Waals surface area contributed by atoms with E-state index in [1.165, 1.54) is 30.8 Å². The van der Waals surface area contributed by atoms with Crippen molar-refractivity contribution in [2.24, 2.45) is 0 Å².